The predicted octanol–water partition coefficient (Wildman–Crippen LogP) is 1.99. The molecule has 3 atom stereocenters. The maximum atomic E-state index is 11.3. The average Bonchev–Trinajstić information content (AvgIpc) is 2.66. The second kappa shape index (κ2) is 16.9. The summed E-state index contributed by atoms with van der Waals surface area (Å²) >= 11 is 1.15. The highest BCUT2D eigenvalue weighted by molar-refractivity contribution is 8.00. The standard InChI is InChI=1S/C21H29NO8S/c1-15(23)22-16(21(29)30)14-31-18(17(24)10-9-13-20(27)28)11-7-5-3-2-4-6-8-12-19(25)26/h2-8,11,16-18,24H,9-10,12-14H2,1H3,(H,22,23)(H,25,26)(H,27,28)(H,29,30)/b4-2-,5-3+,8-6?,11-7+/t16-,17-,18+/m0/s1. The molecule has 5 N–H and O–H groups in total. The van der Waals surface area contributed by atoms with Gasteiger partial charge in [0.25, 0.3) is 0 Å². The van der Waals surface area contributed by atoms with Crippen LogP contribution in [0.5, 0.6) is 0 Å². The Morgan fingerprint density at radius 1 is 0.935 bits per heavy atom. The summed E-state index contributed by atoms with van der Waals surface area (Å²) < 4.78 is 0. The topological polar surface area (TPSA) is 161 Å². The minimum atomic E-state index is -1.19. The van der Waals surface area contributed by atoms with Gasteiger partial charge in [-0.3, -0.25) is 14.4 Å². The number of allylic oxidation sites excluding steroid dienone is 6. The van der Waals surface area contributed by atoms with E-state index in [0.29, 0.717) is 0 Å². The molecule has 1 amide bonds. The number of carbonyl (C=O) groups is 4. The molecule has 0 saturated heterocycles. The number of thioether (sulfide) groups is 1. The summed E-state index contributed by atoms with van der Waals surface area (Å²) in [4.78, 5) is 43.5. The van der Waals surface area contributed by atoms with Crippen molar-refractivity contribution in [2.75, 3.05) is 5.75 Å². The van der Waals surface area contributed by atoms with Gasteiger partial charge < -0.3 is 25.7 Å². The molecule has 172 valence electrons. The first-order valence-corrected chi connectivity index (χ1v) is 10.6. The maximum Gasteiger partial charge on any atom is 0.327 e. The number of carboxylic acids is 3. The highest BCUT2D eigenvalue weighted by Gasteiger charge is 2.23. The zero-order valence-electron chi connectivity index (χ0n) is 17.2. The molecule has 0 radical (unpaired) electrons. The number of nitrogens with one attached hydrogen (secondary N) is 1. The van der Waals surface area contributed by atoms with E-state index in [-0.39, 0.29) is 31.4 Å². The lowest BCUT2D eigenvalue weighted by molar-refractivity contribution is -0.141. The highest BCUT2D eigenvalue weighted by Crippen LogP contribution is 2.21. The first kappa shape index (κ1) is 28.1. The predicted molar refractivity (Wildman–Crippen MR) is 118 cm³/mol. The molecular formula is C21H29NO8S. The van der Waals surface area contributed by atoms with Crippen molar-refractivity contribution in [1.82, 2.24) is 5.32 Å². The van der Waals surface area contributed by atoms with E-state index in [2.05, 4.69) is 5.32 Å². The van der Waals surface area contributed by atoms with Gasteiger partial charge in [-0.15, -0.1) is 11.8 Å². The van der Waals surface area contributed by atoms with Gasteiger partial charge in [0.2, 0.25) is 5.91 Å². The van der Waals surface area contributed by atoms with Gasteiger partial charge in [0, 0.05) is 24.3 Å². The largest absolute Gasteiger partial charge is 0.481 e. The monoisotopic (exact) mass is 455 g/mol. The summed E-state index contributed by atoms with van der Waals surface area (Å²) in [5, 5.41) is 38.7. The van der Waals surface area contributed by atoms with Crippen LogP contribution in [0, 0.1) is 0 Å². The van der Waals surface area contributed by atoms with Gasteiger partial charge in [-0.05, 0) is 12.8 Å². The fraction of sp³-hybridized carbons (Fsp3) is 0.429. The number of amides is 1. The van der Waals surface area contributed by atoms with Crippen LogP contribution in [-0.4, -0.2) is 67.4 Å². The SMILES string of the molecule is CC(=O)N[C@@H](CS[C@H](/C=C/C=C/C=C\C=CCC(=O)O)[C@@H](O)CCCC(=O)O)C(=O)O. The molecule has 0 unspecified atom stereocenters. The number of carbonyl (C=O) groups excluding carboxylic acids is 1. The van der Waals surface area contributed by atoms with E-state index < -0.39 is 41.2 Å². The van der Waals surface area contributed by atoms with E-state index in [9.17, 15) is 29.4 Å². The number of aliphatic hydroxyl groups is 1. The van der Waals surface area contributed by atoms with Crippen LogP contribution in [-0.2, 0) is 19.2 Å². The van der Waals surface area contributed by atoms with Crippen molar-refractivity contribution in [3.63, 3.8) is 0 Å². The minimum Gasteiger partial charge on any atom is -0.481 e. The summed E-state index contributed by atoms with van der Waals surface area (Å²) in [5.74, 6) is -3.52. The van der Waals surface area contributed by atoms with Crippen LogP contribution in [0.25, 0.3) is 0 Å². The highest BCUT2D eigenvalue weighted by atomic mass is 32.2. The Morgan fingerprint density at radius 3 is 2.10 bits per heavy atom. The lowest BCUT2D eigenvalue weighted by Crippen LogP contribution is -2.42. The zero-order valence-corrected chi connectivity index (χ0v) is 18.0. The molecule has 0 aromatic heterocycles. The maximum absolute atomic E-state index is 11.3. The third kappa shape index (κ3) is 16.6. The number of rotatable bonds is 16. The van der Waals surface area contributed by atoms with Crippen LogP contribution < -0.4 is 5.32 Å². The second-order valence-corrected chi connectivity index (χ2v) is 7.63. The van der Waals surface area contributed by atoms with E-state index in [1.54, 1.807) is 42.5 Å². The Kier molecular flexibility index (Phi) is 15.3. The summed E-state index contributed by atoms with van der Waals surface area (Å²) in [7, 11) is 0. The molecule has 31 heavy (non-hydrogen) atoms. The van der Waals surface area contributed by atoms with E-state index >= 15 is 0 Å². The third-order valence-electron chi connectivity index (χ3n) is 3.69. The van der Waals surface area contributed by atoms with Crippen LogP contribution in [0.3, 0.4) is 0 Å². The number of hydrogen-bond donors (Lipinski definition) is 5. The second-order valence-electron chi connectivity index (χ2n) is 6.42. The van der Waals surface area contributed by atoms with Crippen molar-refractivity contribution >= 4 is 35.6 Å². The molecule has 9 nitrogen and oxygen atoms in total. The average molecular weight is 456 g/mol. The van der Waals surface area contributed by atoms with Crippen molar-refractivity contribution in [2.24, 2.45) is 0 Å². The van der Waals surface area contributed by atoms with E-state index in [4.69, 9.17) is 10.2 Å². The van der Waals surface area contributed by atoms with Gasteiger partial charge in [-0.2, -0.15) is 0 Å². The van der Waals surface area contributed by atoms with Crippen LogP contribution >= 0.6 is 11.8 Å². The molecule has 0 aliphatic rings. The van der Waals surface area contributed by atoms with Crippen LogP contribution in [0.1, 0.15) is 32.6 Å². The van der Waals surface area contributed by atoms with Crippen molar-refractivity contribution in [1.29, 1.82) is 0 Å². The molecule has 0 aromatic carbocycles. The molecule has 0 aliphatic heterocycles. The van der Waals surface area contributed by atoms with Crippen molar-refractivity contribution < 1.29 is 39.6 Å². The van der Waals surface area contributed by atoms with Gasteiger partial charge in [-0.1, -0.05) is 48.6 Å². The number of hydrogen-bond acceptors (Lipinski definition) is 6. The van der Waals surface area contributed by atoms with Crippen molar-refractivity contribution in [2.45, 2.75) is 50.0 Å². The van der Waals surface area contributed by atoms with E-state index in [1.807, 2.05) is 0 Å². The summed E-state index contributed by atoms with van der Waals surface area (Å²) in [5.41, 5.74) is 0. The number of carboxylic acid groups (broad SMARTS) is 3. The molecule has 0 saturated carbocycles. The Bertz CT molecular complexity index is 714. The molecule has 0 rings (SSSR count). The molecule has 0 aromatic rings. The van der Waals surface area contributed by atoms with Crippen LogP contribution in [0.4, 0.5) is 0 Å². The number of aliphatic carboxylic acids is 3. The first-order chi connectivity index (χ1) is 14.6. The van der Waals surface area contributed by atoms with Crippen LogP contribution in [0.2, 0.25) is 0 Å². The fourth-order valence-electron chi connectivity index (χ4n) is 2.23. The van der Waals surface area contributed by atoms with Gasteiger partial charge >= 0.3 is 17.9 Å². The van der Waals surface area contributed by atoms with Gasteiger partial charge in [0.05, 0.1) is 12.5 Å². The van der Waals surface area contributed by atoms with Gasteiger partial charge in [-0.25, -0.2) is 4.79 Å². The normalized spacial score (nSPS) is 14.9. The Hall–Kier alpha value is -2.85. The molecular weight excluding hydrogens is 426 g/mol. The molecule has 0 aliphatic carbocycles. The molecule has 0 heterocycles. The number of aliphatic hydroxyl groups excluding tert-OH is 1. The lowest BCUT2D eigenvalue weighted by Gasteiger charge is -2.21. The minimum absolute atomic E-state index is 0.0257. The van der Waals surface area contributed by atoms with Crippen LogP contribution in [0.15, 0.2) is 48.6 Å². The molecule has 0 spiro atoms. The van der Waals surface area contributed by atoms with Crippen molar-refractivity contribution in [3.05, 3.63) is 48.6 Å². The Morgan fingerprint density at radius 2 is 1.55 bits per heavy atom. The zero-order chi connectivity index (χ0) is 23.6. The van der Waals surface area contributed by atoms with E-state index in [0.717, 1.165) is 11.8 Å². The summed E-state index contributed by atoms with van der Waals surface area (Å²) in [6, 6.07) is -1.11. The summed E-state index contributed by atoms with van der Waals surface area (Å²) in [6.45, 7) is 1.22. The van der Waals surface area contributed by atoms with Gasteiger partial charge in [0.1, 0.15) is 6.04 Å². The summed E-state index contributed by atoms with van der Waals surface area (Å²) in [6.07, 6.45) is 12.6. The lowest BCUT2D eigenvalue weighted by atomic mass is 10.1. The Labute approximate surface area is 185 Å². The molecule has 0 fully saturated rings. The molecule has 10 heteroatoms. The fourth-order valence-corrected chi connectivity index (χ4v) is 3.43. The smallest absolute Gasteiger partial charge is 0.327 e. The first-order valence-electron chi connectivity index (χ1n) is 9.53. The Balaban J connectivity index is 4.95. The third-order valence-corrected chi connectivity index (χ3v) is 5.07. The van der Waals surface area contributed by atoms with Gasteiger partial charge in [0.15, 0.2) is 0 Å². The molecule has 0 bridgehead atoms. The van der Waals surface area contributed by atoms with E-state index in [1.165, 1.54) is 13.0 Å². The van der Waals surface area contributed by atoms with Crippen molar-refractivity contribution in [3.8, 4) is 0 Å². The quantitative estimate of drug-likeness (QED) is 0.219.